The second-order valence-electron chi connectivity index (χ2n) is 8.43. The van der Waals surface area contributed by atoms with Crippen molar-refractivity contribution in [2.45, 2.75) is 13.0 Å². The van der Waals surface area contributed by atoms with Crippen molar-refractivity contribution < 1.29 is 13.9 Å². The normalized spacial score (nSPS) is 10.9. The molecule has 0 fully saturated rings. The number of hydrogen-bond acceptors (Lipinski definition) is 6. The molecule has 0 aliphatic carbocycles. The number of ether oxygens (including phenoxy) is 1. The maximum absolute atomic E-state index is 12.9. The number of methoxy groups -OCH3 is 1. The van der Waals surface area contributed by atoms with E-state index < -0.39 is 0 Å². The van der Waals surface area contributed by atoms with Crippen LogP contribution in [0, 0.1) is 0 Å². The van der Waals surface area contributed by atoms with Crippen LogP contribution in [0.2, 0.25) is 0 Å². The van der Waals surface area contributed by atoms with Gasteiger partial charge in [-0.05, 0) is 60.7 Å². The van der Waals surface area contributed by atoms with Crippen molar-refractivity contribution in [1.82, 2.24) is 9.97 Å². The van der Waals surface area contributed by atoms with Crippen LogP contribution in [-0.2, 0) is 11.3 Å². The fraction of sp³-hybridized carbons (Fsp3) is 0.138. The van der Waals surface area contributed by atoms with Gasteiger partial charge in [-0.3, -0.25) is 4.79 Å². The van der Waals surface area contributed by atoms with E-state index in [0.29, 0.717) is 24.6 Å². The zero-order valence-corrected chi connectivity index (χ0v) is 21.8. The molecule has 0 saturated heterocycles. The Morgan fingerprint density at radius 2 is 1.84 bits per heavy atom. The van der Waals surface area contributed by atoms with Crippen LogP contribution in [-0.4, -0.2) is 29.5 Å². The molecule has 1 N–H and O–H groups in total. The van der Waals surface area contributed by atoms with Crippen LogP contribution in [0.5, 0.6) is 5.75 Å². The Morgan fingerprint density at radius 1 is 1.00 bits per heavy atom. The Kier molecular flexibility index (Phi) is 7.46. The van der Waals surface area contributed by atoms with E-state index in [4.69, 9.17) is 19.1 Å². The third kappa shape index (κ3) is 5.98. The number of nitrogens with one attached hydrogen (secondary N) is 1. The lowest BCUT2D eigenvalue weighted by molar-refractivity contribution is -0.116. The predicted octanol–water partition coefficient (Wildman–Crippen LogP) is 6.70. The highest BCUT2D eigenvalue weighted by molar-refractivity contribution is 9.10. The van der Waals surface area contributed by atoms with Gasteiger partial charge >= 0.3 is 0 Å². The lowest BCUT2D eigenvalue weighted by Gasteiger charge is -2.24. The highest BCUT2D eigenvalue weighted by atomic mass is 79.9. The lowest BCUT2D eigenvalue weighted by atomic mass is 10.1. The summed E-state index contributed by atoms with van der Waals surface area (Å²) in [5.41, 5.74) is 2.44. The third-order valence-corrected chi connectivity index (χ3v) is 6.37. The zero-order chi connectivity index (χ0) is 25.6. The summed E-state index contributed by atoms with van der Waals surface area (Å²) in [5.74, 6) is 2.78. The number of nitrogens with zero attached hydrogens (tertiary/aromatic N) is 3. The second-order valence-corrected chi connectivity index (χ2v) is 9.34. The molecular weight excluding hydrogens is 532 g/mol. The number of amides is 1. The number of rotatable bonds is 9. The first kappa shape index (κ1) is 24.5. The van der Waals surface area contributed by atoms with Gasteiger partial charge < -0.3 is 19.4 Å². The highest BCUT2D eigenvalue weighted by Crippen LogP contribution is 2.30. The average Bonchev–Trinajstić information content (AvgIpc) is 3.44. The zero-order valence-electron chi connectivity index (χ0n) is 20.2. The molecule has 2 heterocycles. The quantitative estimate of drug-likeness (QED) is 0.217. The van der Waals surface area contributed by atoms with E-state index in [0.717, 1.165) is 38.3 Å². The predicted molar refractivity (Wildman–Crippen MR) is 149 cm³/mol. The number of hydrogen-bond donors (Lipinski definition) is 1. The number of anilines is 2. The molecule has 7 nitrogen and oxygen atoms in total. The van der Waals surface area contributed by atoms with Crippen molar-refractivity contribution in [2.24, 2.45) is 0 Å². The molecule has 1 amide bonds. The molecule has 3 aromatic carbocycles. The van der Waals surface area contributed by atoms with Gasteiger partial charge in [-0.1, -0.05) is 40.2 Å². The second kappa shape index (κ2) is 11.3. The average molecular weight is 557 g/mol. The van der Waals surface area contributed by atoms with Crippen molar-refractivity contribution >= 4 is 44.2 Å². The van der Waals surface area contributed by atoms with Crippen molar-refractivity contribution in [1.29, 1.82) is 0 Å². The Hall–Kier alpha value is -4.17. The molecule has 5 aromatic rings. The summed E-state index contributed by atoms with van der Waals surface area (Å²) in [4.78, 5) is 24.7. The van der Waals surface area contributed by atoms with Gasteiger partial charge in [-0.2, -0.15) is 0 Å². The minimum Gasteiger partial charge on any atom is -0.497 e. The van der Waals surface area contributed by atoms with Gasteiger partial charge in [0.1, 0.15) is 17.3 Å². The molecule has 0 unspecified atom stereocenters. The van der Waals surface area contributed by atoms with Crippen molar-refractivity contribution in [3.63, 3.8) is 0 Å². The molecular formula is C29H25BrN4O3. The van der Waals surface area contributed by atoms with Crippen LogP contribution in [0.4, 0.5) is 11.5 Å². The van der Waals surface area contributed by atoms with Gasteiger partial charge in [0, 0.05) is 34.1 Å². The van der Waals surface area contributed by atoms with Gasteiger partial charge in [-0.15, -0.1) is 0 Å². The Bertz CT molecular complexity index is 1500. The highest BCUT2D eigenvalue weighted by Gasteiger charge is 2.18. The van der Waals surface area contributed by atoms with Crippen molar-refractivity contribution in [3.05, 3.63) is 101 Å². The molecule has 5 rings (SSSR count). The van der Waals surface area contributed by atoms with E-state index in [1.807, 2.05) is 84.9 Å². The van der Waals surface area contributed by atoms with Crippen LogP contribution in [0.1, 0.15) is 12.2 Å². The Morgan fingerprint density at radius 3 is 2.59 bits per heavy atom. The molecule has 8 heteroatoms. The first-order valence-electron chi connectivity index (χ1n) is 11.8. The van der Waals surface area contributed by atoms with Crippen LogP contribution >= 0.6 is 15.9 Å². The maximum atomic E-state index is 12.9. The Labute approximate surface area is 223 Å². The number of furan rings is 1. The molecule has 0 aliphatic rings. The van der Waals surface area contributed by atoms with Crippen molar-refractivity contribution in [2.75, 3.05) is 23.9 Å². The maximum Gasteiger partial charge on any atom is 0.226 e. The molecule has 2 aromatic heterocycles. The summed E-state index contributed by atoms with van der Waals surface area (Å²) in [6.07, 6.45) is 1.91. The number of para-hydroxylation sites is 1. The van der Waals surface area contributed by atoms with Crippen LogP contribution in [0.25, 0.3) is 22.3 Å². The molecule has 0 aliphatic heterocycles. The minimum atomic E-state index is -0.0970. The molecule has 37 heavy (non-hydrogen) atoms. The number of fused-ring (bicyclic) bond motifs is 1. The van der Waals surface area contributed by atoms with Gasteiger partial charge in [-0.25, -0.2) is 9.97 Å². The fourth-order valence-electron chi connectivity index (χ4n) is 4.04. The summed E-state index contributed by atoms with van der Waals surface area (Å²) in [5, 5.41) is 3.86. The smallest absolute Gasteiger partial charge is 0.226 e. The summed E-state index contributed by atoms with van der Waals surface area (Å²) in [6, 6.07) is 26.9. The number of halogens is 1. The van der Waals surface area contributed by atoms with Gasteiger partial charge in [0.25, 0.3) is 0 Å². The monoisotopic (exact) mass is 556 g/mol. The topological polar surface area (TPSA) is 80.5 Å². The summed E-state index contributed by atoms with van der Waals surface area (Å²) in [7, 11) is 1.61. The van der Waals surface area contributed by atoms with Crippen LogP contribution < -0.4 is 15.0 Å². The number of carbonyl (C=O) groups is 1. The molecule has 0 saturated carbocycles. The summed E-state index contributed by atoms with van der Waals surface area (Å²) in [6.45, 7) is 0.892. The van der Waals surface area contributed by atoms with Crippen LogP contribution in [0.3, 0.4) is 0 Å². The van der Waals surface area contributed by atoms with E-state index in [1.54, 1.807) is 13.4 Å². The molecule has 0 radical (unpaired) electrons. The number of carbonyl (C=O) groups excluding carboxylic acids is 1. The van der Waals surface area contributed by atoms with Crippen LogP contribution in [0.15, 0.2) is 100 Å². The first-order chi connectivity index (χ1) is 18.1. The van der Waals surface area contributed by atoms with E-state index in [9.17, 15) is 4.79 Å². The van der Waals surface area contributed by atoms with E-state index in [-0.39, 0.29) is 12.3 Å². The largest absolute Gasteiger partial charge is 0.497 e. The standard InChI is InChI=1S/C29H25BrN4O3/c1-36-23-13-11-22(12-14-23)31-27(35)15-16-34(19-24-8-5-17-37-24)29-25-9-2-3-10-26(25)32-28(33-29)20-6-4-7-21(30)18-20/h2-14,17-18H,15-16,19H2,1H3,(H,31,35). The SMILES string of the molecule is COc1ccc(NC(=O)CCN(Cc2ccco2)c2nc(-c3cccc(Br)c3)nc3ccccc23)cc1. The van der Waals surface area contributed by atoms with E-state index in [2.05, 4.69) is 26.1 Å². The van der Waals surface area contributed by atoms with E-state index >= 15 is 0 Å². The van der Waals surface area contributed by atoms with E-state index in [1.165, 1.54) is 0 Å². The van der Waals surface area contributed by atoms with Gasteiger partial charge in [0.15, 0.2) is 5.82 Å². The third-order valence-electron chi connectivity index (χ3n) is 5.87. The van der Waals surface area contributed by atoms with Crippen molar-refractivity contribution in [3.8, 4) is 17.1 Å². The fourth-order valence-corrected chi connectivity index (χ4v) is 4.44. The molecule has 0 atom stereocenters. The molecule has 186 valence electrons. The Balaban J connectivity index is 1.46. The summed E-state index contributed by atoms with van der Waals surface area (Å²) >= 11 is 3.54. The number of benzene rings is 3. The van der Waals surface area contributed by atoms with Gasteiger partial charge in [0.05, 0.1) is 25.4 Å². The minimum absolute atomic E-state index is 0.0970. The lowest BCUT2D eigenvalue weighted by Crippen LogP contribution is -2.28. The molecule has 0 spiro atoms. The first-order valence-corrected chi connectivity index (χ1v) is 12.6. The molecule has 0 bridgehead atoms. The summed E-state index contributed by atoms with van der Waals surface area (Å²) < 4.78 is 11.8. The van der Waals surface area contributed by atoms with Gasteiger partial charge in [0.2, 0.25) is 5.91 Å². The number of aromatic nitrogens is 2.